The molecule has 2 nitrogen and oxygen atoms in total. The highest BCUT2D eigenvalue weighted by molar-refractivity contribution is 6.35. The summed E-state index contributed by atoms with van der Waals surface area (Å²) in [5.74, 6) is 0. The summed E-state index contributed by atoms with van der Waals surface area (Å²) < 4.78 is 0. The molecule has 0 aromatic heterocycles. The van der Waals surface area contributed by atoms with Crippen LogP contribution in [0.3, 0.4) is 0 Å². The first-order valence-corrected chi connectivity index (χ1v) is 8.11. The minimum atomic E-state index is 0.303. The SMILES string of the molecule is CN(C)C1(CNCc2ccc(Cl)cc2Cl)CCCCC1. The maximum atomic E-state index is 6.21. The predicted octanol–water partition coefficient (Wildman–Crippen LogP) is 4.35. The Balaban J connectivity index is 1.93. The molecular weight excluding hydrogens is 291 g/mol. The first-order valence-electron chi connectivity index (χ1n) is 7.36. The minimum Gasteiger partial charge on any atom is -0.311 e. The van der Waals surface area contributed by atoms with Crippen LogP contribution in [0.4, 0.5) is 0 Å². The molecule has 1 aromatic rings. The zero-order chi connectivity index (χ0) is 14.6. The fourth-order valence-corrected chi connectivity index (χ4v) is 3.56. The second kappa shape index (κ2) is 7.13. The minimum absolute atomic E-state index is 0.303. The van der Waals surface area contributed by atoms with Crippen LogP contribution in [0.15, 0.2) is 18.2 Å². The molecule has 0 amide bonds. The van der Waals surface area contributed by atoms with Crippen LogP contribution in [0.25, 0.3) is 0 Å². The third kappa shape index (κ3) is 3.88. The largest absolute Gasteiger partial charge is 0.311 e. The highest BCUT2D eigenvalue weighted by atomic mass is 35.5. The van der Waals surface area contributed by atoms with Crippen LogP contribution in [0.2, 0.25) is 10.0 Å². The van der Waals surface area contributed by atoms with Gasteiger partial charge in [-0.05, 0) is 44.6 Å². The average Bonchev–Trinajstić information content (AvgIpc) is 2.42. The van der Waals surface area contributed by atoms with E-state index in [0.29, 0.717) is 10.6 Å². The summed E-state index contributed by atoms with van der Waals surface area (Å²) in [6.45, 7) is 1.81. The van der Waals surface area contributed by atoms with E-state index in [1.54, 1.807) is 0 Å². The van der Waals surface area contributed by atoms with E-state index in [4.69, 9.17) is 23.2 Å². The van der Waals surface area contributed by atoms with Gasteiger partial charge in [-0.1, -0.05) is 48.5 Å². The van der Waals surface area contributed by atoms with Crippen LogP contribution in [-0.2, 0) is 6.54 Å². The topological polar surface area (TPSA) is 15.3 Å². The molecule has 1 saturated carbocycles. The van der Waals surface area contributed by atoms with Crippen molar-refractivity contribution in [2.45, 2.75) is 44.2 Å². The summed E-state index contributed by atoms with van der Waals surface area (Å²) in [5, 5.41) is 5.02. The van der Waals surface area contributed by atoms with Crippen LogP contribution in [0.5, 0.6) is 0 Å². The predicted molar refractivity (Wildman–Crippen MR) is 87.7 cm³/mol. The van der Waals surface area contributed by atoms with Crippen molar-refractivity contribution in [3.05, 3.63) is 33.8 Å². The summed E-state index contributed by atoms with van der Waals surface area (Å²) in [4.78, 5) is 2.39. The van der Waals surface area contributed by atoms with Crippen molar-refractivity contribution < 1.29 is 0 Å². The Bertz CT molecular complexity index is 440. The zero-order valence-electron chi connectivity index (χ0n) is 12.4. The first kappa shape index (κ1) is 16.1. The molecular formula is C16H24Cl2N2. The summed E-state index contributed by atoms with van der Waals surface area (Å²) in [6.07, 6.45) is 6.60. The molecule has 2 rings (SSSR count). The number of halogens is 2. The van der Waals surface area contributed by atoms with E-state index in [2.05, 4.69) is 24.3 Å². The van der Waals surface area contributed by atoms with Gasteiger partial charge in [-0.25, -0.2) is 0 Å². The van der Waals surface area contributed by atoms with E-state index in [0.717, 1.165) is 23.7 Å². The maximum Gasteiger partial charge on any atom is 0.0465 e. The lowest BCUT2D eigenvalue weighted by atomic mass is 9.80. The third-order valence-electron chi connectivity index (χ3n) is 4.52. The fraction of sp³-hybridized carbons (Fsp3) is 0.625. The number of hydrogen-bond acceptors (Lipinski definition) is 2. The molecule has 1 aliphatic carbocycles. The van der Waals surface area contributed by atoms with Crippen molar-refractivity contribution in [3.8, 4) is 0 Å². The third-order valence-corrected chi connectivity index (χ3v) is 5.10. The Morgan fingerprint density at radius 1 is 1.15 bits per heavy atom. The van der Waals surface area contributed by atoms with Crippen molar-refractivity contribution in [1.29, 1.82) is 0 Å². The Hall–Kier alpha value is -0.280. The Morgan fingerprint density at radius 3 is 2.45 bits per heavy atom. The van der Waals surface area contributed by atoms with E-state index in [1.165, 1.54) is 32.1 Å². The number of benzene rings is 1. The number of likely N-dealkylation sites (N-methyl/N-ethyl adjacent to an activating group) is 1. The summed E-state index contributed by atoms with van der Waals surface area (Å²) in [7, 11) is 4.39. The van der Waals surface area contributed by atoms with Gasteiger partial charge in [0.25, 0.3) is 0 Å². The van der Waals surface area contributed by atoms with Crippen LogP contribution in [0.1, 0.15) is 37.7 Å². The van der Waals surface area contributed by atoms with E-state index in [-0.39, 0.29) is 0 Å². The second-order valence-corrected chi connectivity index (χ2v) is 6.86. The number of nitrogens with one attached hydrogen (secondary N) is 1. The van der Waals surface area contributed by atoms with Crippen molar-refractivity contribution in [3.63, 3.8) is 0 Å². The first-order chi connectivity index (χ1) is 9.53. The van der Waals surface area contributed by atoms with E-state index in [9.17, 15) is 0 Å². The average molecular weight is 315 g/mol. The van der Waals surface area contributed by atoms with Crippen LogP contribution >= 0.6 is 23.2 Å². The van der Waals surface area contributed by atoms with Crippen molar-refractivity contribution in [1.82, 2.24) is 10.2 Å². The zero-order valence-corrected chi connectivity index (χ0v) is 13.9. The van der Waals surface area contributed by atoms with Crippen LogP contribution < -0.4 is 5.32 Å². The maximum absolute atomic E-state index is 6.21. The molecule has 1 N–H and O–H groups in total. The van der Waals surface area contributed by atoms with E-state index in [1.807, 2.05) is 18.2 Å². The lowest BCUT2D eigenvalue weighted by Crippen LogP contribution is -2.52. The fourth-order valence-electron chi connectivity index (χ4n) is 3.09. The smallest absolute Gasteiger partial charge is 0.0465 e. The molecule has 0 radical (unpaired) electrons. The monoisotopic (exact) mass is 314 g/mol. The molecule has 1 aliphatic rings. The highest BCUT2D eigenvalue weighted by Gasteiger charge is 2.33. The molecule has 20 heavy (non-hydrogen) atoms. The van der Waals surface area contributed by atoms with Gasteiger partial charge >= 0.3 is 0 Å². The second-order valence-electron chi connectivity index (χ2n) is 6.02. The highest BCUT2D eigenvalue weighted by Crippen LogP contribution is 2.31. The van der Waals surface area contributed by atoms with Gasteiger partial charge < -0.3 is 10.2 Å². The molecule has 0 bridgehead atoms. The van der Waals surface area contributed by atoms with Gasteiger partial charge in [-0.3, -0.25) is 0 Å². The molecule has 0 unspecified atom stereocenters. The van der Waals surface area contributed by atoms with Crippen molar-refractivity contribution in [2.24, 2.45) is 0 Å². The van der Waals surface area contributed by atoms with E-state index >= 15 is 0 Å². The molecule has 0 heterocycles. The standard InChI is InChI=1S/C16H24Cl2N2/c1-20(2)16(8-4-3-5-9-16)12-19-11-13-6-7-14(17)10-15(13)18/h6-7,10,19H,3-5,8-9,11-12H2,1-2H3. The number of rotatable bonds is 5. The molecule has 0 spiro atoms. The normalized spacial score (nSPS) is 18.4. The Morgan fingerprint density at radius 2 is 1.85 bits per heavy atom. The summed E-state index contributed by atoms with van der Waals surface area (Å²) in [6, 6.07) is 5.70. The summed E-state index contributed by atoms with van der Waals surface area (Å²) in [5.41, 5.74) is 1.41. The number of nitrogens with zero attached hydrogens (tertiary/aromatic N) is 1. The van der Waals surface area contributed by atoms with Gasteiger partial charge in [0.2, 0.25) is 0 Å². The molecule has 0 atom stereocenters. The van der Waals surface area contributed by atoms with Gasteiger partial charge in [0, 0.05) is 28.7 Å². The summed E-state index contributed by atoms with van der Waals surface area (Å²) >= 11 is 12.1. The van der Waals surface area contributed by atoms with Crippen LogP contribution in [0, 0.1) is 0 Å². The Kier molecular flexibility index (Phi) is 5.74. The molecule has 0 saturated heterocycles. The Labute approximate surface area is 132 Å². The molecule has 0 aliphatic heterocycles. The lowest BCUT2D eigenvalue weighted by Gasteiger charge is -2.43. The molecule has 1 fully saturated rings. The lowest BCUT2D eigenvalue weighted by molar-refractivity contribution is 0.0984. The van der Waals surface area contributed by atoms with Gasteiger partial charge in [0.05, 0.1) is 0 Å². The van der Waals surface area contributed by atoms with E-state index < -0.39 is 0 Å². The quantitative estimate of drug-likeness (QED) is 0.869. The molecule has 4 heteroatoms. The number of hydrogen-bond donors (Lipinski definition) is 1. The van der Waals surface area contributed by atoms with Gasteiger partial charge in [-0.2, -0.15) is 0 Å². The molecule has 1 aromatic carbocycles. The van der Waals surface area contributed by atoms with Gasteiger partial charge in [-0.15, -0.1) is 0 Å². The van der Waals surface area contributed by atoms with Gasteiger partial charge in [0.1, 0.15) is 0 Å². The molecule has 112 valence electrons. The van der Waals surface area contributed by atoms with Crippen molar-refractivity contribution >= 4 is 23.2 Å². The van der Waals surface area contributed by atoms with Gasteiger partial charge in [0.15, 0.2) is 0 Å². The van der Waals surface area contributed by atoms with Crippen LogP contribution in [-0.4, -0.2) is 31.1 Å². The van der Waals surface area contributed by atoms with Crippen molar-refractivity contribution in [2.75, 3.05) is 20.6 Å².